The van der Waals surface area contributed by atoms with Crippen molar-refractivity contribution in [3.63, 3.8) is 0 Å². The fraction of sp³-hybridized carbons (Fsp3) is 0.429. The van der Waals surface area contributed by atoms with E-state index in [1.165, 1.54) is 25.6 Å². The molecule has 0 bridgehead atoms. The van der Waals surface area contributed by atoms with Crippen LogP contribution in [0.2, 0.25) is 0 Å². The van der Waals surface area contributed by atoms with E-state index >= 15 is 0 Å². The standard InChI is InChI=1S/C14H17N3O/c15-11-4-5-12-13(8-11)16-9-17-14(12)18-7-6-10-2-1-3-10/h4-5,8-10H,1-3,6-7,15H2. The summed E-state index contributed by atoms with van der Waals surface area (Å²) >= 11 is 0. The molecule has 1 fully saturated rings. The lowest BCUT2D eigenvalue weighted by atomic mass is 9.83. The third-order valence-corrected chi connectivity index (χ3v) is 3.61. The van der Waals surface area contributed by atoms with Gasteiger partial charge in [-0.25, -0.2) is 9.97 Å². The zero-order valence-corrected chi connectivity index (χ0v) is 10.3. The SMILES string of the molecule is Nc1ccc2c(OCCC3CCC3)ncnc2c1. The molecular weight excluding hydrogens is 226 g/mol. The van der Waals surface area contributed by atoms with Crippen LogP contribution >= 0.6 is 0 Å². The maximum Gasteiger partial charge on any atom is 0.224 e. The fourth-order valence-corrected chi connectivity index (χ4v) is 2.27. The number of nitrogen functional groups attached to an aromatic ring is 1. The van der Waals surface area contributed by atoms with Gasteiger partial charge in [-0.3, -0.25) is 0 Å². The Bertz CT molecular complexity index is 552. The molecule has 1 saturated carbocycles. The number of fused-ring (bicyclic) bond motifs is 1. The summed E-state index contributed by atoms with van der Waals surface area (Å²) in [4.78, 5) is 8.41. The number of nitrogens with zero attached hydrogens (tertiary/aromatic N) is 2. The van der Waals surface area contributed by atoms with Crippen LogP contribution in [0.1, 0.15) is 25.7 Å². The molecule has 0 spiro atoms. The van der Waals surface area contributed by atoms with Crippen molar-refractivity contribution in [3.05, 3.63) is 24.5 Å². The Morgan fingerprint density at radius 2 is 2.17 bits per heavy atom. The number of hydrogen-bond donors (Lipinski definition) is 1. The van der Waals surface area contributed by atoms with Crippen molar-refractivity contribution in [2.24, 2.45) is 5.92 Å². The molecule has 4 heteroatoms. The van der Waals surface area contributed by atoms with Gasteiger partial charge in [-0.15, -0.1) is 0 Å². The van der Waals surface area contributed by atoms with Gasteiger partial charge in [-0.05, 0) is 30.5 Å². The van der Waals surface area contributed by atoms with E-state index in [4.69, 9.17) is 10.5 Å². The van der Waals surface area contributed by atoms with Crippen molar-refractivity contribution in [2.45, 2.75) is 25.7 Å². The molecule has 0 saturated heterocycles. The first kappa shape index (κ1) is 11.3. The van der Waals surface area contributed by atoms with Gasteiger partial charge in [-0.2, -0.15) is 0 Å². The lowest BCUT2D eigenvalue weighted by Gasteiger charge is -2.24. The molecule has 4 nitrogen and oxygen atoms in total. The second-order valence-corrected chi connectivity index (χ2v) is 4.89. The van der Waals surface area contributed by atoms with Crippen LogP contribution in [-0.2, 0) is 0 Å². The summed E-state index contributed by atoms with van der Waals surface area (Å²) in [6, 6.07) is 5.61. The van der Waals surface area contributed by atoms with Crippen molar-refractivity contribution < 1.29 is 4.74 Å². The number of benzene rings is 1. The van der Waals surface area contributed by atoms with Crippen molar-refractivity contribution in [2.75, 3.05) is 12.3 Å². The Balaban J connectivity index is 1.74. The van der Waals surface area contributed by atoms with Crippen LogP contribution in [0.4, 0.5) is 5.69 Å². The molecule has 2 aromatic rings. The maximum atomic E-state index is 5.77. The maximum absolute atomic E-state index is 5.77. The van der Waals surface area contributed by atoms with E-state index in [0.717, 1.165) is 29.8 Å². The highest BCUT2D eigenvalue weighted by molar-refractivity contribution is 5.85. The third-order valence-electron chi connectivity index (χ3n) is 3.61. The van der Waals surface area contributed by atoms with Crippen LogP contribution in [0.15, 0.2) is 24.5 Å². The molecule has 0 atom stereocenters. The van der Waals surface area contributed by atoms with E-state index in [1.807, 2.05) is 18.2 Å². The highest BCUT2D eigenvalue weighted by Gasteiger charge is 2.17. The van der Waals surface area contributed by atoms with Crippen LogP contribution in [0.25, 0.3) is 10.9 Å². The molecule has 1 aliphatic rings. The molecule has 1 aliphatic carbocycles. The van der Waals surface area contributed by atoms with Crippen molar-refractivity contribution in [1.82, 2.24) is 9.97 Å². The van der Waals surface area contributed by atoms with Gasteiger partial charge in [-0.1, -0.05) is 19.3 Å². The van der Waals surface area contributed by atoms with E-state index in [-0.39, 0.29) is 0 Å². The van der Waals surface area contributed by atoms with Gasteiger partial charge >= 0.3 is 0 Å². The van der Waals surface area contributed by atoms with Gasteiger partial charge in [0.2, 0.25) is 5.88 Å². The second kappa shape index (κ2) is 4.80. The first-order valence-electron chi connectivity index (χ1n) is 6.46. The summed E-state index contributed by atoms with van der Waals surface area (Å²) in [6.07, 6.45) is 6.73. The molecule has 3 rings (SSSR count). The predicted molar refractivity (Wildman–Crippen MR) is 71.4 cm³/mol. The quantitative estimate of drug-likeness (QED) is 0.839. The Morgan fingerprint density at radius 3 is 2.94 bits per heavy atom. The molecule has 0 aliphatic heterocycles. The third kappa shape index (κ3) is 2.23. The first-order valence-corrected chi connectivity index (χ1v) is 6.46. The minimum absolute atomic E-state index is 0.666. The van der Waals surface area contributed by atoms with Gasteiger partial charge in [0.05, 0.1) is 17.5 Å². The number of rotatable bonds is 4. The van der Waals surface area contributed by atoms with Crippen LogP contribution in [0, 0.1) is 5.92 Å². The molecule has 0 amide bonds. The molecule has 94 valence electrons. The van der Waals surface area contributed by atoms with Crippen molar-refractivity contribution in [3.8, 4) is 5.88 Å². The highest BCUT2D eigenvalue weighted by atomic mass is 16.5. The predicted octanol–water partition coefficient (Wildman–Crippen LogP) is 2.78. The zero-order valence-electron chi connectivity index (χ0n) is 10.3. The summed E-state index contributed by atoms with van der Waals surface area (Å²) in [5, 5.41) is 0.931. The second-order valence-electron chi connectivity index (χ2n) is 4.89. The highest BCUT2D eigenvalue weighted by Crippen LogP contribution is 2.30. The summed E-state index contributed by atoms with van der Waals surface area (Å²) < 4.78 is 5.77. The average molecular weight is 243 g/mol. The first-order chi connectivity index (χ1) is 8.83. The minimum Gasteiger partial charge on any atom is -0.477 e. The summed E-state index contributed by atoms with van der Waals surface area (Å²) in [5.41, 5.74) is 7.28. The van der Waals surface area contributed by atoms with E-state index < -0.39 is 0 Å². The van der Waals surface area contributed by atoms with Crippen molar-refractivity contribution >= 4 is 16.6 Å². The van der Waals surface area contributed by atoms with Crippen LogP contribution in [-0.4, -0.2) is 16.6 Å². The number of ether oxygens (including phenoxy) is 1. The number of anilines is 1. The molecule has 18 heavy (non-hydrogen) atoms. The lowest BCUT2D eigenvalue weighted by molar-refractivity contribution is 0.219. The monoisotopic (exact) mass is 243 g/mol. The van der Waals surface area contributed by atoms with Crippen LogP contribution < -0.4 is 10.5 Å². The molecule has 0 unspecified atom stereocenters. The summed E-state index contributed by atoms with van der Waals surface area (Å²) in [6.45, 7) is 0.737. The Labute approximate surface area is 106 Å². The van der Waals surface area contributed by atoms with Crippen LogP contribution in [0.5, 0.6) is 5.88 Å². The minimum atomic E-state index is 0.666. The molecule has 1 heterocycles. The van der Waals surface area contributed by atoms with E-state index in [9.17, 15) is 0 Å². The molecule has 1 aromatic heterocycles. The summed E-state index contributed by atoms with van der Waals surface area (Å²) in [7, 11) is 0. The lowest BCUT2D eigenvalue weighted by Crippen LogP contribution is -2.14. The summed E-state index contributed by atoms with van der Waals surface area (Å²) in [5.74, 6) is 1.52. The average Bonchev–Trinajstić information content (AvgIpc) is 2.32. The van der Waals surface area contributed by atoms with E-state index in [2.05, 4.69) is 9.97 Å². The molecule has 2 N–H and O–H groups in total. The zero-order chi connectivity index (χ0) is 12.4. The molecule has 0 radical (unpaired) electrons. The van der Waals surface area contributed by atoms with Gasteiger partial charge < -0.3 is 10.5 Å². The Hall–Kier alpha value is -1.84. The number of aromatic nitrogens is 2. The Morgan fingerprint density at radius 1 is 1.28 bits per heavy atom. The number of nitrogens with two attached hydrogens (primary N) is 1. The van der Waals surface area contributed by atoms with Crippen molar-refractivity contribution in [1.29, 1.82) is 0 Å². The van der Waals surface area contributed by atoms with E-state index in [1.54, 1.807) is 0 Å². The molecular formula is C14H17N3O. The largest absolute Gasteiger partial charge is 0.477 e. The fourth-order valence-electron chi connectivity index (χ4n) is 2.27. The number of hydrogen-bond acceptors (Lipinski definition) is 4. The topological polar surface area (TPSA) is 61.0 Å². The van der Waals surface area contributed by atoms with Gasteiger partial charge in [0.1, 0.15) is 6.33 Å². The van der Waals surface area contributed by atoms with Gasteiger partial charge in [0.25, 0.3) is 0 Å². The normalized spacial score (nSPS) is 15.6. The van der Waals surface area contributed by atoms with Gasteiger partial charge in [0.15, 0.2) is 0 Å². The smallest absolute Gasteiger partial charge is 0.224 e. The van der Waals surface area contributed by atoms with E-state index in [0.29, 0.717) is 11.6 Å². The Kier molecular flexibility index (Phi) is 3.00. The van der Waals surface area contributed by atoms with Gasteiger partial charge in [0, 0.05) is 5.69 Å². The molecule has 1 aromatic carbocycles. The van der Waals surface area contributed by atoms with Crippen LogP contribution in [0.3, 0.4) is 0 Å².